The molecule has 0 bridgehead atoms. The number of unbranched alkanes of at least 4 members (excludes halogenated alkanes) is 36. The molecule has 1 nitrogen and oxygen atoms in total. The Balaban J connectivity index is 4.33. The van der Waals surface area contributed by atoms with Gasteiger partial charge in [-0.1, -0.05) is 271 Å². The molecule has 2 heteroatoms. The lowest BCUT2D eigenvalue weighted by Crippen LogP contribution is -2.27. The van der Waals surface area contributed by atoms with Gasteiger partial charge in [-0.15, -0.1) is 0 Å². The number of hydrogen-bond donors (Lipinski definition) is 0. The second-order valence-electron chi connectivity index (χ2n) is 16.9. The zero-order valence-corrected chi connectivity index (χ0v) is 37.3. The topological polar surface area (TPSA) is 9.23 Å². The second kappa shape index (κ2) is 42.6. The van der Waals surface area contributed by atoms with Crippen LogP contribution in [0.15, 0.2) is 0 Å². The van der Waals surface area contributed by atoms with Crippen molar-refractivity contribution in [3.63, 3.8) is 0 Å². The van der Waals surface area contributed by atoms with Crippen LogP contribution in [0.3, 0.4) is 0 Å². The molecule has 0 unspecified atom stereocenters. The van der Waals surface area contributed by atoms with E-state index in [9.17, 15) is 0 Å². The van der Waals surface area contributed by atoms with Gasteiger partial charge in [-0.2, -0.15) is 0 Å². The van der Waals surface area contributed by atoms with Crippen LogP contribution in [0, 0.1) is 5.41 Å². The summed E-state index contributed by atoms with van der Waals surface area (Å²) in [5, 5.41) is 0. The largest absolute Gasteiger partial charge is 0.427 e. The van der Waals surface area contributed by atoms with Crippen LogP contribution in [-0.4, -0.2) is 17.1 Å². The molecule has 0 aliphatic carbocycles. The molecular weight excluding hydrogens is 609 g/mol. The van der Waals surface area contributed by atoms with Gasteiger partial charge in [0, 0.05) is 6.61 Å². The summed E-state index contributed by atoms with van der Waals surface area (Å²) in [7, 11) is 0.904. The molecule has 0 aromatic heterocycles. The first kappa shape index (κ1) is 49.2. The first-order chi connectivity index (χ1) is 24.2. The van der Waals surface area contributed by atoms with Gasteiger partial charge in [-0.05, 0) is 24.7 Å². The summed E-state index contributed by atoms with van der Waals surface area (Å²) >= 11 is 0. The Hall–Kier alpha value is 0.177. The third kappa shape index (κ3) is 37.7. The molecule has 0 aromatic carbocycles. The van der Waals surface area contributed by atoms with Crippen molar-refractivity contribution in [2.75, 3.05) is 6.61 Å². The molecule has 49 heavy (non-hydrogen) atoms. The molecule has 0 aliphatic heterocycles. The second-order valence-corrected chi connectivity index (χ2v) is 17.5. The van der Waals surface area contributed by atoms with Crippen LogP contribution in [-0.2, 0) is 4.43 Å². The van der Waals surface area contributed by atoms with Crippen LogP contribution in [0.2, 0.25) is 0 Å². The molecule has 0 saturated heterocycles. The van der Waals surface area contributed by atoms with E-state index < -0.39 is 0 Å². The predicted molar refractivity (Wildman–Crippen MR) is 229 cm³/mol. The number of rotatable bonds is 44. The monoisotopic (exact) mass is 707 g/mol. The zero-order chi connectivity index (χ0) is 35.6. The van der Waals surface area contributed by atoms with Crippen LogP contribution in [0.5, 0.6) is 0 Å². The minimum atomic E-state index is 0.481. The molecule has 0 N–H and O–H groups in total. The van der Waals surface area contributed by atoms with Gasteiger partial charge in [0.1, 0.15) is 10.5 Å². The first-order valence-electron chi connectivity index (χ1n) is 23.7. The smallest absolute Gasteiger partial charge is 0.145 e. The van der Waals surface area contributed by atoms with Gasteiger partial charge in [0.05, 0.1) is 0 Å². The Morgan fingerprint density at radius 1 is 0.265 bits per heavy atom. The van der Waals surface area contributed by atoms with E-state index in [1.165, 1.54) is 270 Å². The molecule has 0 aromatic rings. The normalized spacial score (nSPS) is 12.1. The highest BCUT2D eigenvalue weighted by Crippen LogP contribution is 2.38. The van der Waals surface area contributed by atoms with Gasteiger partial charge in [0.15, 0.2) is 0 Å². The lowest BCUT2D eigenvalue weighted by atomic mass is 9.74. The maximum Gasteiger partial charge on any atom is 0.145 e. The molecule has 0 rings (SSSR count). The molecule has 0 saturated carbocycles. The highest BCUT2D eigenvalue weighted by atomic mass is 28.2. The van der Waals surface area contributed by atoms with Crippen LogP contribution >= 0.6 is 0 Å². The van der Waals surface area contributed by atoms with Gasteiger partial charge in [-0.3, -0.25) is 0 Å². The van der Waals surface area contributed by atoms with E-state index in [-0.39, 0.29) is 0 Å². The fourth-order valence-corrected chi connectivity index (χ4v) is 9.06. The fourth-order valence-electron chi connectivity index (χ4n) is 8.45. The average Bonchev–Trinajstić information content (AvgIpc) is 3.11. The molecule has 0 atom stereocenters. The van der Waals surface area contributed by atoms with E-state index in [1.54, 1.807) is 0 Å². The summed E-state index contributed by atoms with van der Waals surface area (Å²) in [5.74, 6) is 0. The molecule has 296 valence electrons. The molecule has 0 radical (unpaired) electrons. The zero-order valence-electron chi connectivity index (χ0n) is 35.3. The minimum absolute atomic E-state index is 0.481. The van der Waals surface area contributed by atoms with Crippen LogP contribution < -0.4 is 0 Å². The van der Waals surface area contributed by atoms with Crippen LogP contribution in [0.4, 0.5) is 0 Å². The summed E-state index contributed by atoms with van der Waals surface area (Å²) < 4.78 is 6.14. The molecule has 0 fully saturated rings. The van der Waals surface area contributed by atoms with E-state index in [2.05, 4.69) is 20.8 Å². The molecule has 0 aliphatic rings. The fraction of sp³-hybridized carbons (Fsp3) is 1.00. The Bertz CT molecular complexity index is 502. The summed E-state index contributed by atoms with van der Waals surface area (Å²) in [6.45, 7) is 8.02. The summed E-state index contributed by atoms with van der Waals surface area (Å²) in [4.78, 5) is 0. The Morgan fingerprint density at radius 2 is 0.429 bits per heavy atom. The molecule has 0 amide bonds. The highest BCUT2D eigenvalue weighted by molar-refractivity contribution is 5.97. The van der Waals surface area contributed by atoms with Crippen molar-refractivity contribution in [3.8, 4) is 0 Å². The van der Waals surface area contributed by atoms with E-state index >= 15 is 0 Å². The maximum atomic E-state index is 6.14. The average molecular weight is 707 g/mol. The summed E-state index contributed by atoms with van der Waals surface area (Å²) in [6.07, 6.45) is 61.1. The Kier molecular flexibility index (Phi) is 42.7. The van der Waals surface area contributed by atoms with Gasteiger partial charge in [0.25, 0.3) is 0 Å². The predicted octanol–water partition coefficient (Wildman–Crippen LogP) is 16.7. The Morgan fingerprint density at radius 3 is 0.592 bits per heavy atom. The van der Waals surface area contributed by atoms with E-state index in [4.69, 9.17) is 4.43 Å². The van der Waals surface area contributed by atoms with Gasteiger partial charge >= 0.3 is 0 Å². The van der Waals surface area contributed by atoms with Crippen molar-refractivity contribution >= 4 is 10.5 Å². The van der Waals surface area contributed by atoms with Crippen molar-refractivity contribution in [1.29, 1.82) is 0 Å². The molecular formula is C47H98OSi. The van der Waals surface area contributed by atoms with E-state index in [0.29, 0.717) is 5.41 Å². The van der Waals surface area contributed by atoms with Crippen molar-refractivity contribution in [2.24, 2.45) is 5.41 Å². The third-order valence-electron chi connectivity index (χ3n) is 11.9. The quantitative estimate of drug-likeness (QED) is 0.0453. The Labute approximate surface area is 316 Å². The van der Waals surface area contributed by atoms with Gasteiger partial charge < -0.3 is 4.43 Å². The maximum absolute atomic E-state index is 6.14. The molecule has 0 spiro atoms. The van der Waals surface area contributed by atoms with Gasteiger partial charge in [0.2, 0.25) is 0 Å². The van der Waals surface area contributed by atoms with Crippen LogP contribution in [0.1, 0.15) is 290 Å². The lowest BCUT2D eigenvalue weighted by molar-refractivity contribution is 0.107. The van der Waals surface area contributed by atoms with Crippen molar-refractivity contribution in [3.05, 3.63) is 0 Å². The van der Waals surface area contributed by atoms with Crippen molar-refractivity contribution in [2.45, 2.75) is 290 Å². The SMILES string of the molecule is CCCCCCCCCCCCCCCC(CCCCCCCCCCCCCCC)(CCCCCCCCCCCCCCC)CO[SiH3]. The first-order valence-corrected chi connectivity index (χ1v) is 24.5. The summed E-state index contributed by atoms with van der Waals surface area (Å²) in [5.41, 5.74) is 0.481. The van der Waals surface area contributed by atoms with Crippen molar-refractivity contribution in [1.82, 2.24) is 0 Å². The van der Waals surface area contributed by atoms with Gasteiger partial charge in [-0.25, -0.2) is 0 Å². The minimum Gasteiger partial charge on any atom is -0.427 e. The number of hydrogen-bond acceptors (Lipinski definition) is 1. The van der Waals surface area contributed by atoms with E-state index in [0.717, 1.165) is 17.1 Å². The lowest BCUT2D eigenvalue weighted by Gasteiger charge is -2.34. The highest BCUT2D eigenvalue weighted by Gasteiger charge is 2.28. The van der Waals surface area contributed by atoms with Crippen molar-refractivity contribution < 1.29 is 4.43 Å². The summed E-state index contributed by atoms with van der Waals surface area (Å²) in [6, 6.07) is 0. The van der Waals surface area contributed by atoms with E-state index in [1.807, 2.05) is 0 Å². The standard InChI is InChI=1S/C47H98OSi/c1-4-7-10-13-16-19-22-25-28-31-34-37-40-43-47(46-48-49,44-41-38-35-32-29-26-23-20-17-14-11-8-5-2)45-42-39-36-33-30-27-24-21-18-15-12-9-6-3/h4-46H2,1-3,49H3. The third-order valence-corrected chi connectivity index (χ3v) is 12.2. The molecule has 0 heterocycles. The van der Waals surface area contributed by atoms with Crippen LogP contribution in [0.25, 0.3) is 0 Å².